The second-order valence-corrected chi connectivity index (χ2v) is 6.57. The van der Waals surface area contributed by atoms with Crippen LogP contribution in [0.1, 0.15) is 41.6 Å². The number of rotatable bonds is 6. The van der Waals surface area contributed by atoms with Crippen molar-refractivity contribution >= 4 is 5.78 Å². The molecule has 4 heteroatoms. The van der Waals surface area contributed by atoms with Gasteiger partial charge in [-0.3, -0.25) is 14.5 Å². The second kappa shape index (κ2) is 8.06. The molecule has 24 heavy (non-hydrogen) atoms. The number of aromatic nitrogens is 1. The van der Waals surface area contributed by atoms with Crippen LogP contribution in [0.3, 0.4) is 0 Å². The first-order chi connectivity index (χ1) is 11.7. The number of nitrogens with one attached hydrogen (secondary N) is 1. The number of Topliss-reactive ketones (excluding diaryl/α,β-unsaturated/α-hetero) is 1. The standard InChI is InChI=1S/C20H24N2O2/c23-19(17-5-2-1-3-6-17)9-8-16-10-13-22(14-11-16)15-18-7-4-12-21-20(18)24/h1-7,12,16H,8-11,13-15H2,(H,21,24). The number of pyridine rings is 1. The lowest BCUT2D eigenvalue weighted by atomic mass is 9.90. The van der Waals surface area contributed by atoms with Crippen LogP contribution in [0.4, 0.5) is 0 Å². The van der Waals surface area contributed by atoms with Gasteiger partial charge in [0, 0.05) is 30.3 Å². The molecule has 3 rings (SSSR count). The summed E-state index contributed by atoms with van der Waals surface area (Å²) in [5, 5.41) is 0. The largest absolute Gasteiger partial charge is 0.329 e. The zero-order valence-electron chi connectivity index (χ0n) is 13.9. The van der Waals surface area contributed by atoms with Gasteiger partial charge in [-0.1, -0.05) is 36.4 Å². The fourth-order valence-electron chi connectivity index (χ4n) is 3.36. The molecule has 0 bridgehead atoms. The van der Waals surface area contributed by atoms with Crippen LogP contribution in [-0.4, -0.2) is 28.8 Å². The molecule has 0 aliphatic carbocycles. The van der Waals surface area contributed by atoms with Gasteiger partial charge in [0.25, 0.3) is 5.56 Å². The van der Waals surface area contributed by atoms with Crippen molar-refractivity contribution in [2.24, 2.45) is 5.92 Å². The topological polar surface area (TPSA) is 53.2 Å². The van der Waals surface area contributed by atoms with Gasteiger partial charge in [-0.05, 0) is 44.3 Å². The molecular weight excluding hydrogens is 300 g/mol. The molecular formula is C20H24N2O2. The van der Waals surface area contributed by atoms with Crippen molar-refractivity contribution in [3.63, 3.8) is 0 Å². The predicted octanol–water partition coefficient (Wildman–Crippen LogP) is 3.25. The highest BCUT2D eigenvalue weighted by Gasteiger charge is 2.20. The van der Waals surface area contributed by atoms with E-state index in [4.69, 9.17) is 0 Å². The molecule has 126 valence electrons. The van der Waals surface area contributed by atoms with Crippen molar-refractivity contribution in [3.05, 3.63) is 70.1 Å². The van der Waals surface area contributed by atoms with Crippen LogP contribution in [0, 0.1) is 5.92 Å². The molecule has 0 amide bonds. The number of benzene rings is 1. The summed E-state index contributed by atoms with van der Waals surface area (Å²) in [6.45, 7) is 2.71. The van der Waals surface area contributed by atoms with Crippen molar-refractivity contribution in [2.45, 2.75) is 32.2 Å². The van der Waals surface area contributed by atoms with Gasteiger partial charge in [0.15, 0.2) is 5.78 Å². The zero-order chi connectivity index (χ0) is 16.8. The molecule has 1 saturated heterocycles. The number of hydrogen-bond acceptors (Lipinski definition) is 3. The summed E-state index contributed by atoms with van der Waals surface area (Å²) >= 11 is 0. The van der Waals surface area contributed by atoms with Gasteiger partial charge >= 0.3 is 0 Å². The Hall–Kier alpha value is -2.20. The predicted molar refractivity (Wildman–Crippen MR) is 95.1 cm³/mol. The van der Waals surface area contributed by atoms with Crippen LogP contribution in [0.5, 0.6) is 0 Å². The molecule has 1 aliphatic heterocycles. The van der Waals surface area contributed by atoms with Gasteiger partial charge in [0.2, 0.25) is 0 Å². The minimum atomic E-state index is 0.00748. The maximum atomic E-state index is 12.2. The van der Waals surface area contributed by atoms with Crippen LogP contribution in [0.2, 0.25) is 0 Å². The van der Waals surface area contributed by atoms with E-state index in [1.165, 1.54) is 0 Å². The zero-order valence-corrected chi connectivity index (χ0v) is 13.9. The lowest BCUT2D eigenvalue weighted by Crippen LogP contribution is -2.35. The third-order valence-corrected chi connectivity index (χ3v) is 4.88. The van der Waals surface area contributed by atoms with Crippen molar-refractivity contribution in [1.82, 2.24) is 9.88 Å². The lowest BCUT2D eigenvalue weighted by Gasteiger charge is -2.31. The Morgan fingerprint density at radius 1 is 1.08 bits per heavy atom. The number of aromatic amines is 1. The highest BCUT2D eigenvalue weighted by molar-refractivity contribution is 5.95. The SMILES string of the molecule is O=C(CCC1CCN(Cc2ccc[nH]c2=O)CC1)c1ccccc1. The summed E-state index contributed by atoms with van der Waals surface area (Å²) in [5.74, 6) is 0.858. The van der Waals surface area contributed by atoms with Crippen molar-refractivity contribution < 1.29 is 4.79 Å². The molecule has 0 unspecified atom stereocenters. The van der Waals surface area contributed by atoms with Crippen molar-refractivity contribution in [2.75, 3.05) is 13.1 Å². The van der Waals surface area contributed by atoms with E-state index < -0.39 is 0 Å². The van der Waals surface area contributed by atoms with Crippen LogP contribution in [-0.2, 0) is 6.54 Å². The van der Waals surface area contributed by atoms with E-state index in [0.717, 1.165) is 43.5 Å². The van der Waals surface area contributed by atoms with E-state index in [-0.39, 0.29) is 11.3 Å². The minimum Gasteiger partial charge on any atom is -0.329 e. The van der Waals surface area contributed by atoms with Gasteiger partial charge in [0.1, 0.15) is 0 Å². The molecule has 2 aromatic rings. The summed E-state index contributed by atoms with van der Waals surface area (Å²) in [6.07, 6.45) is 5.47. The minimum absolute atomic E-state index is 0.00748. The number of carbonyl (C=O) groups excluding carboxylic acids is 1. The van der Waals surface area contributed by atoms with Crippen LogP contribution >= 0.6 is 0 Å². The smallest absolute Gasteiger partial charge is 0.252 e. The molecule has 1 aliphatic rings. The summed E-state index contributed by atoms with van der Waals surface area (Å²) in [6, 6.07) is 13.3. The Bertz CT molecular complexity index is 716. The summed E-state index contributed by atoms with van der Waals surface area (Å²) in [4.78, 5) is 29.0. The second-order valence-electron chi connectivity index (χ2n) is 6.57. The van der Waals surface area contributed by atoms with E-state index in [0.29, 0.717) is 18.9 Å². The number of ketones is 1. The van der Waals surface area contributed by atoms with Gasteiger partial charge in [0.05, 0.1) is 0 Å². The Balaban J connectivity index is 1.43. The first-order valence-corrected chi connectivity index (χ1v) is 8.69. The molecule has 0 radical (unpaired) electrons. The molecule has 1 fully saturated rings. The maximum absolute atomic E-state index is 12.2. The highest BCUT2D eigenvalue weighted by atomic mass is 16.1. The Morgan fingerprint density at radius 2 is 1.83 bits per heavy atom. The number of hydrogen-bond donors (Lipinski definition) is 1. The third kappa shape index (κ3) is 4.42. The monoisotopic (exact) mass is 324 g/mol. The highest BCUT2D eigenvalue weighted by Crippen LogP contribution is 2.23. The quantitative estimate of drug-likeness (QED) is 0.830. The van der Waals surface area contributed by atoms with E-state index in [2.05, 4.69) is 9.88 Å². The van der Waals surface area contributed by atoms with Crippen LogP contribution in [0.25, 0.3) is 0 Å². The molecule has 4 nitrogen and oxygen atoms in total. The Labute approximate surface area is 142 Å². The van der Waals surface area contributed by atoms with Crippen molar-refractivity contribution in [3.8, 4) is 0 Å². The summed E-state index contributed by atoms with van der Waals surface area (Å²) < 4.78 is 0. The normalized spacial score (nSPS) is 16.2. The molecule has 0 atom stereocenters. The molecule has 1 aromatic heterocycles. The average molecular weight is 324 g/mol. The Morgan fingerprint density at radius 3 is 2.54 bits per heavy atom. The van der Waals surface area contributed by atoms with Gasteiger partial charge < -0.3 is 4.98 Å². The first-order valence-electron chi connectivity index (χ1n) is 8.69. The molecule has 0 saturated carbocycles. The van der Waals surface area contributed by atoms with E-state index in [1.807, 2.05) is 42.5 Å². The molecule has 0 spiro atoms. The molecule has 1 N–H and O–H groups in total. The number of carbonyl (C=O) groups is 1. The fraction of sp³-hybridized carbons (Fsp3) is 0.400. The van der Waals surface area contributed by atoms with Crippen LogP contribution in [0.15, 0.2) is 53.5 Å². The summed E-state index contributed by atoms with van der Waals surface area (Å²) in [5.41, 5.74) is 1.65. The lowest BCUT2D eigenvalue weighted by molar-refractivity contribution is 0.0961. The third-order valence-electron chi connectivity index (χ3n) is 4.88. The fourth-order valence-corrected chi connectivity index (χ4v) is 3.36. The van der Waals surface area contributed by atoms with E-state index in [9.17, 15) is 9.59 Å². The first kappa shape index (κ1) is 16.7. The van der Waals surface area contributed by atoms with Crippen molar-refractivity contribution in [1.29, 1.82) is 0 Å². The van der Waals surface area contributed by atoms with Gasteiger partial charge in [-0.25, -0.2) is 0 Å². The van der Waals surface area contributed by atoms with Gasteiger partial charge in [-0.2, -0.15) is 0 Å². The maximum Gasteiger partial charge on any atom is 0.252 e. The Kier molecular flexibility index (Phi) is 5.59. The number of nitrogens with zero attached hydrogens (tertiary/aromatic N) is 1. The van der Waals surface area contributed by atoms with E-state index >= 15 is 0 Å². The van der Waals surface area contributed by atoms with Crippen LogP contribution < -0.4 is 5.56 Å². The number of piperidine rings is 1. The number of likely N-dealkylation sites (tertiary alicyclic amines) is 1. The number of H-pyrrole nitrogens is 1. The van der Waals surface area contributed by atoms with Gasteiger partial charge in [-0.15, -0.1) is 0 Å². The average Bonchev–Trinajstić information content (AvgIpc) is 2.63. The summed E-state index contributed by atoms with van der Waals surface area (Å²) in [7, 11) is 0. The molecule has 1 aromatic carbocycles. The van der Waals surface area contributed by atoms with E-state index in [1.54, 1.807) is 6.20 Å². The molecule has 2 heterocycles.